The third kappa shape index (κ3) is 4.15. The second kappa shape index (κ2) is 6.85. The first-order chi connectivity index (χ1) is 10.5. The van der Waals surface area contributed by atoms with E-state index in [1.54, 1.807) is 12.1 Å². The summed E-state index contributed by atoms with van der Waals surface area (Å²) in [6.45, 7) is 4.14. The molecule has 0 unspecified atom stereocenters. The summed E-state index contributed by atoms with van der Waals surface area (Å²) in [4.78, 5) is 23.6. The third-order valence-electron chi connectivity index (χ3n) is 3.12. The predicted octanol–water partition coefficient (Wildman–Crippen LogP) is 3.53. The maximum absolute atomic E-state index is 13.0. The molecule has 0 radical (unpaired) electrons. The zero-order valence-electron chi connectivity index (χ0n) is 12.4. The highest BCUT2D eigenvalue weighted by Crippen LogP contribution is 2.17. The minimum atomic E-state index is -0.849. The van der Waals surface area contributed by atoms with Gasteiger partial charge in [-0.3, -0.25) is 9.59 Å². The summed E-state index contributed by atoms with van der Waals surface area (Å²) in [6, 6.07) is 12.6. The van der Waals surface area contributed by atoms with Gasteiger partial charge in [-0.25, -0.2) is 4.39 Å². The van der Waals surface area contributed by atoms with Crippen LogP contribution in [-0.2, 0) is 9.59 Å². The fourth-order valence-electron chi connectivity index (χ4n) is 1.89. The lowest BCUT2D eigenvalue weighted by atomic mass is 10.0. The van der Waals surface area contributed by atoms with Gasteiger partial charge >= 0.3 is 11.8 Å². The Morgan fingerprint density at radius 3 is 2.05 bits per heavy atom. The highest BCUT2D eigenvalue weighted by Gasteiger charge is 2.14. The Bertz CT molecular complexity index is 681. The van der Waals surface area contributed by atoms with Crippen LogP contribution in [0.1, 0.15) is 25.3 Å². The topological polar surface area (TPSA) is 58.2 Å². The smallest absolute Gasteiger partial charge is 0.314 e. The first-order valence-corrected chi connectivity index (χ1v) is 6.93. The molecule has 2 N–H and O–H groups in total. The largest absolute Gasteiger partial charge is 0.318 e. The van der Waals surface area contributed by atoms with Crippen LogP contribution in [0.15, 0.2) is 48.5 Å². The molecule has 0 bridgehead atoms. The third-order valence-corrected chi connectivity index (χ3v) is 3.12. The molecular weight excluding hydrogens is 283 g/mol. The van der Waals surface area contributed by atoms with Crippen LogP contribution in [0.5, 0.6) is 0 Å². The Labute approximate surface area is 128 Å². The number of benzene rings is 2. The summed E-state index contributed by atoms with van der Waals surface area (Å²) in [6.07, 6.45) is 0. The molecule has 2 amide bonds. The van der Waals surface area contributed by atoms with Gasteiger partial charge in [-0.15, -0.1) is 0 Å². The quantitative estimate of drug-likeness (QED) is 0.852. The summed E-state index contributed by atoms with van der Waals surface area (Å²) < 4.78 is 13.0. The van der Waals surface area contributed by atoms with Gasteiger partial charge in [0.1, 0.15) is 5.82 Å². The van der Waals surface area contributed by atoms with Crippen LogP contribution in [0.25, 0.3) is 0 Å². The van der Waals surface area contributed by atoms with Gasteiger partial charge in [0.2, 0.25) is 0 Å². The number of hydrogen-bond donors (Lipinski definition) is 2. The maximum Gasteiger partial charge on any atom is 0.314 e. The van der Waals surface area contributed by atoms with Crippen LogP contribution >= 0.6 is 0 Å². The predicted molar refractivity (Wildman–Crippen MR) is 84.2 cm³/mol. The summed E-state index contributed by atoms with van der Waals surface area (Å²) in [7, 11) is 0. The fraction of sp³-hybridized carbons (Fsp3) is 0.176. The van der Waals surface area contributed by atoms with Gasteiger partial charge in [0.05, 0.1) is 0 Å². The Hall–Kier alpha value is -2.69. The van der Waals surface area contributed by atoms with Crippen molar-refractivity contribution in [3.8, 4) is 0 Å². The van der Waals surface area contributed by atoms with Crippen molar-refractivity contribution in [3.63, 3.8) is 0 Å². The molecule has 0 aliphatic rings. The first kappa shape index (κ1) is 15.7. The molecule has 5 heteroatoms. The number of hydrogen-bond acceptors (Lipinski definition) is 2. The Kier molecular flexibility index (Phi) is 4.88. The first-order valence-electron chi connectivity index (χ1n) is 6.93. The van der Waals surface area contributed by atoms with Crippen LogP contribution in [-0.4, -0.2) is 11.8 Å². The number of amides is 2. The molecule has 0 aromatic heterocycles. The average molecular weight is 300 g/mol. The summed E-state index contributed by atoms with van der Waals surface area (Å²) in [5.74, 6) is -1.75. The minimum absolute atomic E-state index is 0.232. The summed E-state index contributed by atoms with van der Waals surface area (Å²) >= 11 is 0. The van der Waals surface area contributed by atoms with Crippen LogP contribution in [0.4, 0.5) is 15.8 Å². The van der Waals surface area contributed by atoms with E-state index < -0.39 is 17.6 Å². The van der Waals surface area contributed by atoms with E-state index in [4.69, 9.17) is 0 Å². The van der Waals surface area contributed by atoms with E-state index in [2.05, 4.69) is 24.5 Å². The van der Waals surface area contributed by atoms with Crippen molar-refractivity contribution in [2.45, 2.75) is 19.8 Å². The molecular formula is C17H17FN2O2. The van der Waals surface area contributed by atoms with E-state index in [-0.39, 0.29) is 5.69 Å². The zero-order chi connectivity index (χ0) is 16.1. The van der Waals surface area contributed by atoms with Gasteiger partial charge in [-0.2, -0.15) is 0 Å². The van der Waals surface area contributed by atoms with E-state index in [1.165, 1.54) is 18.2 Å². The Morgan fingerprint density at radius 1 is 0.909 bits per heavy atom. The molecule has 0 saturated heterocycles. The van der Waals surface area contributed by atoms with E-state index >= 15 is 0 Å². The molecule has 0 saturated carbocycles. The van der Waals surface area contributed by atoms with E-state index in [1.807, 2.05) is 12.1 Å². The highest BCUT2D eigenvalue weighted by atomic mass is 19.1. The monoisotopic (exact) mass is 300 g/mol. The fourth-order valence-corrected chi connectivity index (χ4v) is 1.89. The maximum atomic E-state index is 13.0. The molecule has 0 spiro atoms. The van der Waals surface area contributed by atoms with Gasteiger partial charge in [-0.05, 0) is 41.8 Å². The Morgan fingerprint density at radius 2 is 1.50 bits per heavy atom. The molecule has 22 heavy (non-hydrogen) atoms. The number of halogens is 1. The lowest BCUT2D eigenvalue weighted by Crippen LogP contribution is -2.29. The lowest BCUT2D eigenvalue weighted by Gasteiger charge is -2.09. The van der Waals surface area contributed by atoms with Crippen LogP contribution in [0.3, 0.4) is 0 Å². The van der Waals surface area contributed by atoms with Crippen LogP contribution in [0.2, 0.25) is 0 Å². The SMILES string of the molecule is CC(C)c1ccc(NC(=O)C(=O)Nc2cccc(F)c2)cc1. The Balaban J connectivity index is 1.98. The normalized spacial score (nSPS) is 10.4. The summed E-state index contributed by atoms with van der Waals surface area (Å²) in [5.41, 5.74) is 1.90. The van der Waals surface area contributed by atoms with Crippen molar-refractivity contribution in [1.29, 1.82) is 0 Å². The molecule has 0 atom stereocenters. The van der Waals surface area contributed by atoms with Crippen LogP contribution in [0, 0.1) is 5.82 Å². The molecule has 2 aromatic rings. The standard InChI is InChI=1S/C17H17FN2O2/c1-11(2)12-6-8-14(9-7-12)19-16(21)17(22)20-15-5-3-4-13(18)10-15/h3-11H,1-2H3,(H,19,21)(H,20,22). The molecule has 0 aliphatic heterocycles. The number of carbonyl (C=O) groups excluding carboxylic acids is 2. The molecule has 0 heterocycles. The molecule has 0 fully saturated rings. The van der Waals surface area contributed by atoms with Gasteiger partial charge in [0, 0.05) is 11.4 Å². The van der Waals surface area contributed by atoms with Crippen molar-refractivity contribution in [2.75, 3.05) is 10.6 Å². The number of nitrogens with one attached hydrogen (secondary N) is 2. The van der Waals surface area contributed by atoms with Crippen LogP contribution < -0.4 is 10.6 Å². The van der Waals surface area contributed by atoms with Gasteiger partial charge in [0.15, 0.2) is 0 Å². The lowest BCUT2D eigenvalue weighted by molar-refractivity contribution is -0.133. The molecule has 2 rings (SSSR count). The second-order valence-corrected chi connectivity index (χ2v) is 5.20. The highest BCUT2D eigenvalue weighted by molar-refractivity contribution is 6.43. The van der Waals surface area contributed by atoms with Crippen molar-refractivity contribution >= 4 is 23.2 Å². The van der Waals surface area contributed by atoms with Gasteiger partial charge < -0.3 is 10.6 Å². The molecule has 2 aromatic carbocycles. The number of anilines is 2. The van der Waals surface area contributed by atoms with E-state index in [0.29, 0.717) is 11.6 Å². The number of carbonyl (C=O) groups is 2. The zero-order valence-corrected chi connectivity index (χ0v) is 12.4. The van der Waals surface area contributed by atoms with E-state index in [9.17, 15) is 14.0 Å². The summed E-state index contributed by atoms with van der Waals surface area (Å²) in [5, 5.41) is 4.84. The van der Waals surface area contributed by atoms with Gasteiger partial charge in [0.25, 0.3) is 0 Å². The van der Waals surface area contributed by atoms with Crippen molar-refractivity contribution < 1.29 is 14.0 Å². The van der Waals surface area contributed by atoms with Crippen molar-refractivity contribution in [3.05, 3.63) is 59.9 Å². The minimum Gasteiger partial charge on any atom is -0.318 e. The van der Waals surface area contributed by atoms with Crippen molar-refractivity contribution in [1.82, 2.24) is 0 Å². The van der Waals surface area contributed by atoms with E-state index in [0.717, 1.165) is 11.6 Å². The van der Waals surface area contributed by atoms with Crippen molar-refractivity contribution in [2.24, 2.45) is 0 Å². The average Bonchev–Trinajstić information content (AvgIpc) is 2.47. The number of rotatable bonds is 3. The molecule has 0 aliphatic carbocycles. The second-order valence-electron chi connectivity index (χ2n) is 5.20. The molecule has 4 nitrogen and oxygen atoms in total. The molecule has 114 valence electrons. The van der Waals surface area contributed by atoms with Gasteiger partial charge in [-0.1, -0.05) is 32.0 Å².